The molecule has 1 aliphatic carbocycles. The van der Waals surface area contributed by atoms with E-state index < -0.39 is 9.84 Å². The summed E-state index contributed by atoms with van der Waals surface area (Å²) in [6.45, 7) is 2.02. The van der Waals surface area contributed by atoms with Crippen LogP contribution >= 0.6 is 11.8 Å². The summed E-state index contributed by atoms with van der Waals surface area (Å²) < 4.78 is 23.9. The van der Waals surface area contributed by atoms with Gasteiger partial charge in [-0.25, -0.2) is 13.4 Å². The quantitative estimate of drug-likeness (QED) is 0.529. The summed E-state index contributed by atoms with van der Waals surface area (Å²) in [4.78, 5) is 33.9. The number of hydrogen-bond donors (Lipinski definition) is 1. The van der Waals surface area contributed by atoms with E-state index in [4.69, 9.17) is 0 Å². The number of carbonyl (C=O) groups excluding carboxylic acids is 1. The molecular formula is C19H29N3O4S2. The zero-order valence-electron chi connectivity index (χ0n) is 16.4. The number of thioether (sulfide) groups is 1. The fraction of sp³-hybridized carbons (Fsp3) is 0.737. The standard InChI is InChI=1S/C19H29N3O4S2/c1-2-6-14-11-17(23)21-19(20-14)27-12-18(24)22(15-7-4-3-5-8-15)16-9-10-28(25,26)13-16/h11,15-16H,2-10,12-13H2,1H3,(H,20,21,23)/t16-/m1/s1. The average molecular weight is 428 g/mol. The third-order valence-corrected chi connectivity index (χ3v) is 8.08. The Kier molecular flexibility index (Phi) is 7.20. The molecule has 28 heavy (non-hydrogen) atoms. The molecule has 7 nitrogen and oxygen atoms in total. The molecule has 1 aliphatic heterocycles. The lowest BCUT2D eigenvalue weighted by Gasteiger charge is -2.38. The Morgan fingerprint density at radius 2 is 2.00 bits per heavy atom. The van der Waals surface area contributed by atoms with E-state index in [0.29, 0.717) is 11.6 Å². The van der Waals surface area contributed by atoms with Crippen LogP contribution in [0.1, 0.15) is 57.6 Å². The predicted octanol–water partition coefficient (Wildman–Crippen LogP) is 2.16. The summed E-state index contributed by atoms with van der Waals surface area (Å²) in [5.41, 5.74) is 0.520. The van der Waals surface area contributed by atoms with E-state index in [0.717, 1.165) is 44.2 Å². The molecule has 1 N–H and O–H groups in total. The highest BCUT2D eigenvalue weighted by Gasteiger charge is 2.38. The van der Waals surface area contributed by atoms with Gasteiger partial charge in [0.25, 0.3) is 5.56 Å². The number of nitrogens with zero attached hydrogens (tertiary/aromatic N) is 2. The smallest absolute Gasteiger partial charge is 0.251 e. The van der Waals surface area contributed by atoms with Gasteiger partial charge >= 0.3 is 0 Å². The SMILES string of the molecule is CCCc1cc(=O)[nH]c(SCC(=O)N(C2CCCCC2)[C@@H]2CCS(=O)(=O)C2)n1. The highest BCUT2D eigenvalue weighted by atomic mass is 32.2. The van der Waals surface area contributed by atoms with Crippen molar-refractivity contribution in [2.45, 2.75) is 75.5 Å². The van der Waals surface area contributed by atoms with E-state index in [-0.39, 0.29) is 40.8 Å². The van der Waals surface area contributed by atoms with Crippen LogP contribution < -0.4 is 5.56 Å². The lowest BCUT2D eigenvalue weighted by molar-refractivity contribution is -0.133. The molecule has 2 aliphatic rings. The normalized spacial score (nSPS) is 22.2. The number of nitrogens with one attached hydrogen (secondary N) is 1. The monoisotopic (exact) mass is 427 g/mol. The molecule has 1 aromatic heterocycles. The van der Waals surface area contributed by atoms with Crippen LogP contribution in [0.3, 0.4) is 0 Å². The minimum atomic E-state index is -3.06. The van der Waals surface area contributed by atoms with Crippen LogP contribution in [0, 0.1) is 0 Å². The van der Waals surface area contributed by atoms with Gasteiger partial charge in [0.2, 0.25) is 5.91 Å². The fourth-order valence-corrected chi connectivity index (χ4v) is 6.68. The molecule has 0 unspecified atom stereocenters. The van der Waals surface area contributed by atoms with E-state index >= 15 is 0 Å². The zero-order valence-corrected chi connectivity index (χ0v) is 18.0. The van der Waals surface area contributed by atoms with Gasteiger partial charge in [-0.1, -0.05) is 44.4 Å². The Bertz CT molecular complexity index is 847. The summed E-state index contributed by atoms with van der Waals surface area (Å²) in [5, 5.41) is 0.451. The van der Waals surface area contributed by atoms with Gasteiger partial charge in [-0.2, -0.15) is 0 Å². The second-order valence-corrected chi connectivity index (χ2v) is 10.9. The number of aromatic nitrogens is 2. The van der Waals surface area contributed by atoms with E-state index in [1.54, 1.807) is 0 Å². The van der Waals surface area contributed by atoms with Crippen LogP contribution in [0.25, 0.3) is 0 Å². The van der Waals surface area contributed by atoms with Crippen LogP contribution in [0.2, 0.25) is 0 Å². The zero-order chi connectivity index (χ0) is 20.1. The molecule has 0 radical (unpaired) electrons. The molecule has 3 rings (SSSR count). The third-order valence-electron chi connectivity index (χ3n) is 5.47. The topological polar surface area (TPSA) is 100 Å². The number of rotatable bonds is 7. The van der Waals surface area contributed by atoms with Crippen molar-refractivity contribution in [3.8, 4) is 0 Å². The Morgan fingerprint density at radius 3 is 2.64 bits per heavy atom. The number of amides is 1. The Hall–Kier alpha value is -1.35. The van der Waals surface area contributed by atoms with Crippen molar-refractivity contribution in [2.75, 3.05) is 17.3 Å². The summed E-state index contributed by atoms with van der Waals surface area (Å²) in [5.74, 6) is 0.337. The van der Waals surface area contributed by atoms with Crippen LogP contribution in [0.5, 0.6) is 0 Å². The van der Waals surface area contributed by atoms with Crippen LogP contribution in [-0.2, 0) is 21.1 Å². The predicted molar refractivity (Wildman–Crippen MR) is 110 cm³/mol. The molecule has 9 heteroatoms. The number of H-pyrrole nitrogens is 1. The van der Waals surface area contributed by atoms with Crippen LogP contribution in [0.4, 0.5) is 0 Å². The average Bonchev–Trinajstić information content (AvgIpc) is 3.00. The Morgan fingerprint density at radius 1 is 1.25 bits per heavy atom. The molecule has 1 saturated carbocycles. The van der Waals surface area contributed by atoms with E-state index in [9.17, 15) is 18.0 Å². The summed E-state index contributed by atoms with van der Waals surface area (Å²) >= 11 is 1.23. The molecular weight excluding hydrogens is 398 g/mol. The van der Waals surface area contributed by atoms with Gasteiger partial charge in [0.15, 0.2) is 15.0 Å². The number of sulfone groups is 1. The first-order valence-corrected chi connectivity index (χ1v) is 12.9. The molecule has 1 amide bonds. The second-order valence-electron chi connectivity index (χ2n) is 7.73. The van der Waals surface area contributed by atoms with Gasteiger partial charge in [0, 0.05) is 23.8 Å². The van der Waals surface area contributed by atoms with E-state index in [2.05, 4.69) is 9.97 Å². The van der Waals surface area contributed by atoms with Gasteiger partial charge < -0.3 is 9.88 Å². The first-order valence-electron chi connectivity index (χ1n) is 10.1. The first kappa shape index (κ1) is 21.4. The number of carbonyl (C=O) groups is 1. The maximum atomic E-state index is 13.1. The van der Waals surface area contributed by atoms with E-state index in [1.807, 2.05) is 11.8 Å². The third kappa shape index (κ3) is 5.59. The second kappa shape index (κ2) is 9.43. The van der Waals surface area contributed by atoms with Crippen molar-refractivity contribution < 1.29 is 13.2 Å². The van der Waals surface area contributed by atoms with Crippen molar-refractivity contribution >= 4 is 27.5 Å². The van der Waals surface area contributed by atoms with Crippen LogP contribution in [0.15, 0.2) is 16.0 Å². The summed E-state index contributed by atoms with van der Waals surface area (Å²) in [6.07, 6.45) is 7.35. The Balaban J connectivity index is 1.71. The lowest BCUT2D eigenvalue weighted by Crippen LogP contribution is -2.49. The highest BCUT2D eigenvalue weighted by molar-refractivity contribution is 7.99. The van der Waals surface area contributed by atoms with Gasteiger partial charge in [-0.15, -0.1) is 0 Å². The molecule has 1 atom stereocenters. The molecule has 0 aromatic carbocycles. The van der Waals surface area contributed by atoms with Gasteiger partial charge in [0.05, 0.1) is 17.3 Å². The molecule has 2 fully saturated rings. The van der Waals surface area contributed by atoms with Crippen LogP contribution in [-0.4, -0.2) is 58.5 Å². The summed E-state index contributed by atoms with van der Waals surface area (Å²) in [6, 6.07) is 1.39. The lowest BCUT2D eigenvalue weighted by atomic mass is 9.93. The van der Waals surface area contributed by atoms with Crippen molar-refractivity contribution in [3.05, 3.63) is 22.1 Å². The minimum Gasteiger partial charge on any atom is -0.335 e. The van der Waals surface area contributed by atoms with Gasteiger partial charge in [0.1, 0.15) is 0 Å². The minimum absolute atomic E-state index is 0.0532. The highest BCUT2D eigenvalue weighted by Crippen LogP contribution is 2.29. The number of hydrogen-bond acceptors (Lipinski definition) is 6. The molecule has 0 bridgehead atoms. The van der Waals surface area contributed by atoms with Gasteiger partial charge in [-0.05, 0) is 25.7 Å². The van der Waals surface area contributed by atoms with Crippen molar-refractivity contribution in [1.29, 1.82) is 0 Å². The molecule has 0 spiro atoms. The Labute approximate surface area is 170 Å². The first-order chi connectivity index (χ1) is 13.4. The maximum absolute atomic E-state index is 13.1. The van der Waals surface area contributed by atoms with Crippen molar-refractivity contribution in [2.24, 2.45) is 0 Å². The number of aromatic amines is 1. The van der Waals surface area contributed by atoms with Crippen molar-refractivity contribution in [3.63, 3.8) is 0 Å². The largest absolute Gasteiger partial charge is 0.335 e. The molecule has 1 saturated heterocycles. The van der Waals surface area contributed by atoms with Crippen molar-refractivity contribution in [1.82, 2.24) is 14.9 Å². The number of aryl methyl sites for hydroxylation is 1. The summed E-state index contributed by atoms with van der Waals surface area (Å²) in [7, 11) is -3.06. The fourth-order valence-electron chi connectivity index (χ4n) is 4.20. The van der Waals surface area contributed by atoms with Gasteiger partial charge in [-0.3, -0.25) is 9.59 Å². The van der Waals surface area contributed by atoms with E-state index in [1.165, 1.54) is 24.2 Å². The molecule has 156 valence electrons. The maximum Gasteiger partial charge on any atom is 0.251 e. The molecule has 1 aromatic rings. The molecule has 2 heterocycles.